The number of benzene rings is 1. The Bertz CT molecular complexity index is 889. The summed E-state index contributed by atoms with van der Waals surface area (Å²) in [7, 11) is 1.60. The van der Waals surface area contributed by atoms with Crippen molar-refractivity contribution in [2.24, 2.45) is 0 Å². The number of allylic oxidation sites excluding steroid dienone is 2. The molecule has 4 rings (SSSR count). The van der Waals surface area contributed by atoms with Crippen LogP contribution in [0, 0.1) is 0 Å². The number of carbonyl (C=O) groups excluding carboxylic acids is 2. The maximum absolute atomic E-state index is 13.1. The molecule has 2 aromatic rings. The molecule has 26 heavy (non-hydrogen) atoms. The van der Waals surface area contributed by atoms with Gasteiger partial charge in [0.15, 0.2) is 5.78 Å². The topological polar surface area (TPSA) is 59.5 Å². The zero-order valence-corrected chi connectivity index (χ0v) is 14.6. The van der Waals surface area contributed by atoms with Gasteiger partial charge in [0, 0.05) is 48.5 Å². The van der Waals surface area contributed by atoms with Crippen LogP contribution in [0.25, 0.3) is 0 Å². The van der Waals surface area contributed by atoms with E-state index in [0.29, 0.717) is 12.2 Å². The van der Waals surface area contributed by atoms with Crippen LogP contribution in [-0.2, 0) is 9.59 Å². The number of nitrogens with zero attached hydrogens (tertiary/aromatic N) is 2. The number of anilines is 1. The lowest BCUT2D eigenvalue weighted by Crippen LogP contribution is -2.40. The number of carbonyl (C=O) groups is 2. The quantitative estimate of drug-likeness (QED) is 0.850. The van der Waals surface area contributed by atoms with Crippen molar-refractivity contribution in [2.75, 3.05) is 12.0 Å². The van der Waals surface area contributed by atoms with Crippen molar-refractivity contribution in [1.82, 2.24) is 4.98 Å². The molecule has 5 heteroatoms. The Morgan fingerprint density at radius 1 is 1.12 bits per heavy atom. The van der Waals surface area contributed by atoms with Crippen molar-refractivity contribution in [3.63, 3.8) is 0 Å². The van der Waals surface area contributed by atoms with E-state index < -0.39 is 0 Å². The molecular weight excluding hydrogens is 328 g/mol. The Labute approximate surface area is 152 Å². The molecule has 5 nitrogen and oxygen atoms in total. The monoisotopic (exact) mass is 348 g/mol. The second kappa shape index (κ2) is 6.75. The maximum Gasteiger partial charge on any atom is 0.232 e. The van der Waals surface area contributed by atoms with Gasteiger partial charge in [0.2, 0.25) is 5.91 Å². The number of rotatable bonds is 3. The van der Waals surface area contributed by atoms with Gasteiger partial charge in [-0.25, -0.2) is 0 Å². The third-order valence-corrected chi connectivity index (χ3v) is 5.10. The average Bonchev–Trinajstić information content (AvgIpc) is 2.68. The molecule has 0 saturated heterocycles. The van der Waals surface area contributed by atoms with E-state index in [4.69, 9.17) is 4.74 Å². The molecule has 2 aliphatic rings. The number of ketones is 1. The Morgan fingerprint density at radius 2 is 1.92 bits per heavy atom. The average molecular weight is 348 g/mol. The number of hydrogen-bond acceptors (Lipinski definition) is 4. The Hall–Kier alpha value is -2.95. The highest BCUT2D eigenvalue weighted by Gasteiger charge is 2.39. The van der Waals surface area contributed by atoms with Gasteiger partial charge in [-0.2, -0.15) is 0 Å². The summed E-state index contributed by atoms with van der Waals surface area (Å²) in [6.07, 6.45) is 5.75. The first-order valence-corrected chi connectivity index (χ1v) is 8.82. The lowest BCUT2D eigenvalue weighted by molar-refractivity contribution is -0.119. The van der Waals surface area contributed by atoms with Crippen molar-refractivity contribution in [3.05, 3.63) is 65.6 Å². The summed E-state index contributed by atoms with van der Waals surface area (Å²) in [5.74, 6) is 0.660. The fourth-order valence-electron chi connectivity index (χ4n) is 3.92. The van der Waals surface area contributed by atoms with Gasteiger partial charge < -0.3 is 4.74 Å². The summed E-state index contributed by atoms with van der Waals surface area (Å²) in [5.41, 5.74) is 3.35. The summed E-state index contributed by atoms with van der Waals surface area (Å²) in [6, 6.07) is 11.2. The SMILES string of the molecule is COc1cccc(N2C(=O)CC(c3ccncc3)C3=C2CCCC3=O)c1. The molecule has 0 fully saturated rings. The molecule has 1 unspecified atom stereocenters. The summed E-state index contributed by atoms with van der Waals surface area (Å²) in [5, 5.41) is 0. The number of ether oxygens (including phenoxy) is 1. The van der Waals surface area contributed by atoms with E-state index in [1.807, 2.05) is 36.4 Å². The first kappa shape index (κ1) is 16.5. The van der Waals surface area contributed by atoms with E-state index in [1.165, 1.54) is 0 Å². The molecule has 0 N–H and O–H groups in total. The first-order valence-electron chi connectivity index (χ1n) is 8.82. The molecule has 1 aromatic carbocycles. The van der Waals surface area contributed by atoms with Crippen LogP contribution in [0.15, 0.2) is 60.1 Å². The predicted molar refractivity (Wildman–Crippen MR) is 98.0 cm³/mol. The van der Waals surface area contributed by atoms with Crippen LogP contribution in [0.2, 0.25) is 0 Å². The molecule has 1 aromatic heterocycles. The minimum atomic E-state index is -0.185. The van der Waals surface area contributed by atoms with E-state index >= 15 is 0 Å². The van der Waals surface area contributed by atoms with Crippen LogP contribution < -0.4 is 9.64 Å². The highest BCUT2D eigenvalue weighted by Crippen LogP contribution is 2.43. The fraction of sp³-hybridized carbons (Fsp3) is 0.286. The van der Waals surface area contributed by atoms with Crippen molar-refractivity contribution in [1.29, 1.82) is 0 Å². The fourth-order valence-corrected chi connectivity index (χ4v) is 3.92. The zero-order valence-electron chi connectivity index (χ0n) is 14.6. The smallest absolute Gasteiger partial charge is 0.232 e. The molecule has 132 valence electrons. The van der Waals surface area contributed by atoms with Crippen LogP contribution in [0.1, 0.15) is 37.2 Å². The Kier molecular flexibility index (Phi) is 4.29. The van der Waals surface area contributed by atoms with Gasteiger partial charge in [-0.15, -0.1) is 0 Å². The lowest BCUT2D eigenvalue weighted by atomic mass is 9.77. The Morgan fingerprint density at radius 3 is 2.69 bits per heavy atom. The van der Waals surface area contributed by atoms with Crippen LogP contribution in [-0.4, -0.2) is 23.8 Å². The van der Waals surface area contributed by atoms with Crippen molar-refractivity contribution < 1.29 is 14.3 Å². The van der Waals surface area contributed by atoms with Gasteiger partial charge in [0.05, 0.1) is 12.8 Å². The molecule has 0 bridgehead atoms. The van der Waals surface area contributed by atoms with E-state index in [-0.39, 0.29) is 24.0 Å². The highest BCUT2D eigenvalue weighted by molar-refractivity contribution is 6.07. The zero-order chi connectivity index (χ0) is 18.1. The van der Waals surface area contributed by atoms with Crippen molar-refractivity contribution in [2.45, 2.75) is 31.6 Å². The molecule has 0 spiro atoms. The Balaban J connectivity index is 1.85. The van der Waals surface area contributed by atoms with E-state index in [2.05, 4.69) is 4.98 Å². The number of pyridine rings is 1. The molecule has 1 atom stereocenters. The molecule has 1 amide bonds. The summed E-state index contributed by atoms with van der Waals surface area (Å²) in [4.78, 5) is 31.6. The minimum Gasteiger partial charge on any atom is -0.497 e. The normalized spacial score (nSPS) is 20.2. The van der Waals surface area contributed by atoms with Crippen LogP contribution in [0.4, 0.5) is 5.69 Å². The second-order valence-corrected chi connectivity index (χ2v) is 6.60. The minimum absolute atomic E-state index is 0.00788. The standard InChI is InChI=1S/C21H20N2O3/c1-26-16-5-2-4-15(12-16)23-18-6-3-7-19(24)21(18)17(13-20(23)25)14-8-10-22-11-9-14/h2,4-5,8-12,17H,3,6-7,13H2,1H3. The maximum atomic E-state index is 13.1. The van der Waals surface area contributed by atoms with E-state index in [0.717, 1.165) is 35.4 Å². The van der Waals surface area contributed by atoms with E-state index in [1.54, 1.807) is 24.4 Å². The molecule has 1 aliphatic heterocycles. The van der Waals surface area contributed by atoms with E-state index in [9.17, 15) is 9.59 Å². The molecule has 0 saturated carbocycles. The first-order chi connectivity index (χ1) is 12.7. The largest absolute Gasteiger partial charge is 0.497 e. The van der Waals surface area contributed by atoms with Crippen molar-refractivity contribution >= 4 is 17.4 Å². The van der Waals surface area contributed by atoms with Gasteiger partial charge in [-0.05, 0) is 42.7 Å². The number of hydrogen-bond donors (Lipinski definition) is 0. The van der Waals surface area contributed by atoms with Gasteiger partial charge in [0.1, 0.15) is 5.75 Å². The number of Topliss-reactive ketones (excluding diaryl/α,β-unsaturated/α-hetero) is 1. The number of aromatic nitrogens is 1. The van der Waals surface area contributed by atoms with Crippen molar-refractivity contribution in [3.8, 4) is 5.75 Å². The van der Waals surface area contributed by atoms with Crippen LogP contribution >= 0.6 is 0 Å². The summed E-state index contributed by atoms with van der Waals surface area (Å²) < 4.78 is 5.30. The molecule has 1 aliphatic carbocycles. The third-order valence-electron chi connectivity index (χ3n) is 5.10. The van der Waals surface area contributed by atoms with Gasteiger partial charge in [-0.1, -0.05) is 6.07 Å². The number of methoxy groups -OCH3 is 1. The van der Waals surface area contributed by atoms with Gasteiger partial charge >= 0.3 is 0 Å². The molecular formula is C21H20N2O3. The third kappa shape index (κ3) is 2.79. The lowest BCUT2D eigenvalue weighted by Gasteiger charge is -2.38. The molecule has 2 heterocycles. The predicted octanol–water partition coefficient (Wildman–Crippen LogP) is 3.62. The number of amides is 1. The van der Waals surface area contributed by atoms with Gasteiger partial charge in [0.25, 0.3) is 0 Å². The van der Waals surface area contributed by atoms with Crippen LogP contribution in [0.3, 0.4) is 0 Å². The van der Waals surface area contributed by atoms with Crippen LogP contribution in [0.5, 0.6) is 5.75 Å². The van der Waals surface area contributed by atoms with Gasteiger partial charge in [-0.3, -0.25) is 19.5 Å². The highest BCUT2D eigenvalue weighted by atomic mass is 16.5. The second-order valence-electron chi connectivity index (χ2n) is 6.60. The summed E-state index contributed by atoms with van der Waals surface area (Å²) in [6.45, 7) is 0. The summed E-state index contributed by atoms with van der Waals surface area (Å²) >= 11 is 0. The molecule has 0 radical (unpaired) electrons.